The molecule has 2 heterocycles. The predicted octanol–water partition coefficient (Wildman–Crippen LogP) is 1.27. The number of carbonyl (C=O) groups is 2. The largest absolute Gasteiger partial charge is 0.509 e. The molecule has 0 saturated carbocycles. The second kappa shape index (κ2) is 6.41. The summed E-state index contributed by atoms with van der Waals surface area (Å²) in [5.74, 6) is -2.66. The first-order chi connectivity index (χ1) is 12.2. The molecule has 9 heteroatoms. The highest BCUT2D eigenvalue weighted by Crippen LogP contribution is 2.46. The fraction of sp³-hybridized carbons (Fsp3) is 0.412. The molecular formula is C17H18N2O7. The summed E-state index contributed by atoms with van der Waals surface area (Å²) in [5.41, 5.74) is 0.248. The number of benzene rings is 1. The zero-order chi connectivity index (χ0) is 19.2. The quantitative estimate of drug-likeness (QED) is 0.349. The van der Waals surface area contributed by atoms with E-state index in [1.165, 1.54) is 36.1 Å². The summed E-state index contributed by atoms with van der Waals surface area (Å²) in [5, 5.41) is 30.6. The summed E-state index contributed by atoms with van der Waals surface area (Å²) in [6.45, 7) is 3.01. The molecule has 0 aromatic heterocycles. The summed E-state index contributed by atoms with van der Waals surface area (Å²) >= 11 is 0. The average molecular weight is 362 g/mol. The Morgan fingerprint density at radius 3 is 2.54 bits per heavy atom. The number of non-ortho nitro benzene ring substituents is 1. The molecule has 26 heavy (non-hydrogen) atoms. The minimum absolute atomic E-state index is 0.0803. The molecule has 4 atom stereocenters. The second-order valence-electron chi connectivity index (χ2n) is 6.49. The molecule has 0 bridgehead atoms. The third-order valence-electron chi connectivity index (χ3n) is 4.85. The van der Waals surface area contributed by atoms with Crippen LogP contribution in [-0.2, 0) is 20.9 Å². The minimum atomic E-state index is -0.880. The number of aliphatic hydroxyl groups is 2. The van der Waals surface area contributed by atoms with Gasteiger partial charge in [-0.1, -0.05) is 6.92 Å². The van der Waals surface area contributed by atoms with Crippen molar-refractivity contribution in [2.45, 2.75) is 32.6 Å². The van der Waals surface area contributed by atoms with Gasteiger partial charge in [0.15, 0.2) is 5.70 Å². The zero-order valence-corrected chi connectivity index (χ0v) is 14.2. The zero-order valence-electron chi connectivity index (χ0n) is 14.2. The van der Waals surface area contributed by atoms with Crippen LogP contribution >= 0.6 is 0 Å². The smallest absolute Gasteiger partial charge is 0.358 e. The molecule has 0 spiro atoms. The molecule has 0 radical (unpaired) electrons. The van der Waals surface area contributed by atoms with E-state index in [1.807, 2.05) is 0 Å². The molecule has 0 aliphatic carbocycles. The third-order valence-corrected chi connectivity index (χ3v) is 4.85. The van der Waals surface area contributed by atoms with Crippen molar-refractivity contribution in [1.29, 1.82) is 0 Å². The van der Waals surface area contributed by atoms with Crippen molar-refractivity contribution < 1.29 is 29.5 Å². The van der Waals surface area contributed by atoms with E-state index in [1.54, 1.807) is 6.92 Å². The van der Waals surface area contributed by atoms with Crippen LogP contribution in [0.15, 0.2) is 35.7 Å². The Kier molecular flexibility index (Phi) is 4.41. The number of esters is 1. The summed E-state index contributed by atoms with van der Waals surface area (Å²) in [7, 11) is 0. The van der Waals surface area contributed by atoms with E-state index < -0.39 is 40.8 Å². The van der Waals surface area contributed by atoms with E-state index in [-0.39, 0.29) is 23.8 Å². The summed E-state index contributed by atoms with van der Waals surface area (Å²) in [4.78, 5) is 35.8. The van der Waals surface area contributed by atoms with Gasteiger partial charge in [-0.3, -0.25) is 19.8 Å². The number of fused-ring (bicyclic) bond motifs is 1. The van der Waals surface area contributed by atoms with Gasteiger partial charge in [0, 0.05) is 18.1 Å². The van der Waals surface area contributed by atoms with Gasteiger partial charge in [-0.15, -0.1) is 0 Å². The maximum Gasteiger partial charge on any atom is 0.358 e. The van der Waals surface area contributed by atoms with Crippen molar-refractivity contribution in [2.75, 3.05) is 0 Å². The standard InChI is InChI=1S/C17H18N2O7/c1-8-13-12(9(2)20)16(22)18(13)14(15(8)21)17(23)26-7-10-3-5-11(6-4-10)19(24)25/h3-6,8-9,12-13,20-21H,7H2,1-2H3/t8-,9-,12-,13-/m1/s1. The third kappa shape index (κ3) is 2.70. The van der Waals surface area contributed by atoms with Crippen molar-refractivity contribution in [3.8, 4) is 0 Å². The summed E-state index contributed by atoms with van der Waals surface area (Å²) in [6, 6.07) is 5.03. The molecule has 1 aromatic rings. The maximum atomic E-state index is 12.4. The van der Waals surface area contributed by atoms with E-state index >= 15 is 0 Å². The monoisotopic (exact) mass is 362 g/mol. The average Bonchev–Trinajstić information content (AvgIpc) is 2.81. The van der Waals surface area contributed by atoms with Crippen molar-refractivity contribution in [3.05, 3.63) is 51.4 Å². The molecule has 1 aromatic carbocycles. The van der Waals surface area contributed by atoms with E-state index in [0.717, 1.165) is 0 Å². The lowest BCUT2D eigenvalue weighted by Crippen LogP contribution is -2.63. The predicted molar refractivity (Wildman–Crippen MR) is 87.5 cm³/mol. The molecule has 2 aliphatic rings. The number of nitro benzene ring substituents is 1. The van der Waals surface area contributed by atoms with Crippen LogP contribution in [0.3, 0.4) is 0 Å². The number of β-lactam (4-membered cyclic amide) rings is 1. The Bertz CT molecular complexity index is 800. The highest BCUT2D eigenvalue weighted by atomic mass is 16.6. The van der Waals surface area contributed by atoms with E-state index in [4.69, 9.17) is 4.74 Å². The molecule has 3 rings (SSSR count). The van der Waals surface area contributed by atoms with Gasteiger partial charge >= 0.3 is 5.97 Å². The molecule has 2 aliphatic heterocycles. The molecule has 2 N–H and O–H groups in total. The number of nitro groups is 1. The maximum absolute atomic E-state index is 12.4. The fourth-order valence-electron chi connectivity index (χ4n) is 3.45. The Morgan fingerprint density at radius 2 is 2.00 bits per heavy atom. The number of ether oxygens (including phenoxy) is 1. The number of amides is 1. The fourth-order valence-corrected chi connectivity index (χ4v) is 3.45. The molecule has 0 unspecified atom stereocenters. The normalized spacial score (nSPS) is 25.6. The minimum Gasteiger partial charge on any atom is -0.509 e. The van der Waals surface area contributed by atoms with Gasteiger partial charge in [-0.05, 0) is 24.6 Å². The lowest BCUT2D eigenvalue weighted by Gasteiger charge is -2.46. The van der Waals surface area contributed by atoms with Gasteiger partial charge in [-0.2, -0.15) is 0 Å². The van der Waals surface area contributed by atoms with Crippen LogP contribution in [-0.4, -0.2) is 44.1 Å². The lowest BCUT2D eigenvalue weighted by molar-refractivity contribution is -0.384. The Morgan fingerprint density at radius 1 is 1.38 bits per heavy atom. The second-order valence-corrected chi connectivity index (χ2v) is 6.49. The highest BCUT2D eigenvalue weighted by Gasteiger charge is 2.60. The topological polar surface area (TPSA) is 130 Å². The van der Waals surface area contributed by atoms with Crippen LogP contribution in [0.2, 0.25) is 0 Å². The van der Waals surface area contributed by atoms with Crippen LogP contribution in [0.25, 0.3) is 0 Å². The Hall–Kier alpha value is -2.94. The number of hydrogen-bond acceptors (Lipinski definition) is 7. The number of aliphatic hydroxyl groups excluding tert-OH is 2. The van der Waals surface area contributed by atoms with Crippen LogP contribution in [0.4, 0.5) is 5.69 Å². The number of hydrogen-bond donors (Lipinski definition) is 2. The highest BCUT2D eigenvalue weighted by molar-refractivity contribution is 6.00. The molecule has 1 saturated heterocycles. The van der Waals surface area contributed by atoms with Crippen molar-refractivity contribution >= 4 is 17.6 Å². The first-order valence-corrected chi connectivity index (χ1v) is 8.08. The lowest BCUT2D eigenvalue weighted by atomic mass is 9.79. The van der Waals surface area contributed by atoms with Crippen molar-refractivity contribution in [3.63, 3.8) is 0 Å². The van der Waals surface area contributed by atoms with Crippen LogP contribution in [0, 0.1) is 22.0 Å². The number of rotatable bonds is 5. The van der Waals surface area contributed by atoms with Gasteiger partial charge in [-0.25, -0.2) is 4.79 Å². The molecule has 1 fully saturated rings. The first kappa shape index (κ1) is 17.9. The van der Waals surface area contributed by atoms with Gasteiger partial charge in [0.05, 0.1) is 23.0 Å². The van der Waals surface area contributed by atoms with Crippen LogP contribution in [0.5, 0.6) is 0 Å². The first-order valence-electron chi connectivity index (χ1n) is 8.08. The Balaban J connectivity index is 1.70. The van der Waals surface area contributed by atoms with E-state index in [9.17, 15) is 29.9 Å². The van der Waals surface area contributed by atoms with Gasteiger partial charge < -0.3 is 14.9 Å². The SMILES string of the molecule is C[C@@H](O)[C@H]1C(=O)N2C(C(=O)OCc3ccc([N+](=O)[O-])cc3)=C(O)[C@H](C)[C@H]12. The molecule has 138 valence electrons. The van der Waals surface area contributed by atoms with E-state index in [0.29, 0.717) is 5.56 Å². The van der Waals surface area contributed by atoms with Gasteiger partial charge in [0.25, 0.3) is 5.69 Å². The number of carbonyl (C=O) groups excluding carboxylic acids is 2. The van der Waals surface area contributed by atoms with Crippen molar-refractivity contribution in [1.82, 2.24) is 4.90 Å². The van der Waals surface area contributed by atoms with Gasteiger partial charge in [0.1, 0.15) is 12.4 Å². The summed E-state index contributed by atoms with van der Waals surface area (Å²) in [6.07, 6.45) is -0.880. The number of nitrogens with zero attached hydrogens (tertiary/aromatic N) is 2. The summed E-state index contributed by atoms with van der Waals surface area (Å²) < 4.78 is 5.14. The molecular weight excluding hydrogens is 344 g/mol. The van der Waals surface area contributed by atoms with E-state index in [2.05, 4.69) is 0 Å². The van der Waals surface area contributed by atoms with Crippen LogP contribution in [0.1, 0.15) is 19.4 Å². The molecule has 1 amide bonds. The van der Waals surface area contributed by atoms with Crippen molar-refractivity contribution in [2.24, 2.45) is 11.8 Å². The Labute approximate surface area is 148 Å². The molecule has 9 nitrogen and oxygen atoms in total. The van der Waals surface area contributed by atoms with Gasteiger partial charge in [0.2, 0.25) is 5.91 Å². The van der Waals surface area contributed by atoms with Crippen LogP contribution < -0.4 is 0 Å².